The molecule has 1 aromatic rings. The number of amides is 2. The van der Waals surface area contributed by atoms with E-state index in [2.05, 4.69) is 11.4 Å². The van der Waals surface area contributed by atoms with E-state index in [-0.39, 0.29) is 18.7 Å². The Hall–Kier alpha value is -1.75. The summed E-state index contributed by atoms with van der Waals surface area (Å²) in [7, 11) is 3.54. The van der Waals surface area contributed by atoms with Crippen LogP contribution in [0.15, 0.2) is 18.2 Å². The Balaban J connectivity index is 1.76. The van der Waals surface area contributed by atoms with Crippen LogP contribution in [-0.2, 0) is 6.42 Å². The van der Waals surface area contributed by atoms with Gasteiger partial charge in [-0.2, -0.15) is 0 Å². The fourth-order valence-corrected chi connectivity index (χ4v) is 3.34. The van der Waals surface area contributed by atoms with Crippen LogP contribution in [0, 0.1) is 12.8 Å². The summed E-state index contributed by atoms with van der Waals surface area (Å²) in [5, 5.41) is 12.2. The summed E-state index contributed by atoms with van der Waals surface area (Å²) in [5.74, 6) is 1.30. The summed E-state index contributed by atoms with van der Waals surface area (Å²) in [6.07, 6.45) is 4.74. The molecule has 5 heteroatoms. The van der Waals surface area contributed by atoms with Gasteiger partial charge in [0.15, 0.2) is 0 Å². The average molecular weight is 334 g/mol. The van der Waals surface area contributed by atoms with E-state index in [1.54, 1.807) is 7.11 Å². The molecule has 1 aliphatic rings. The van der Waals surface area contributed by atoms with Gasteiger partial charge >= 0.3 is 6.03 Å². The fraction of sp³-hybridized carbons (Fsp3) is 0.632. The molecule has 2 rings (SSSR count). The van der Waals surface area contributed by atoms with E-state index in [9.17, 15) is 9.90 Å². The van der Waals surface area contributed by atoms with Gasteiger partial charge in [0, 0.05) is 26.2 Å². The Bertz CT molecular complexity index is 539. The molecule has 1 fully saturated rings. The zero-order valence-corrected chi connectivity index (χ0v) is 15.0. The third-order valence-corrected chi connectivity index (χ3v) is 5.10. The van der Waals surface area contributed by atoms with Crippen LogP contribution in [0.3, 0.4) is 0 Å². The van der Waals surface area contributed by atoms with E-state index < -0.39 is 0 Å². The van der Waals surface area contributed by atoms with Gasteiger partial charge in [0.05, 0.1) is 7.11 Å². The van der Waals surface area contributed by atoms with Crippen LogP contribution in [0.5, 0.6) is 5.75 Å². The number of ether oxygens (including phenoxy) is 1. The van der Waals surface area contributed by atoms with E-state index in [0.717, 1.165) is 49.0 Å². The van der Waals surface area contributed by atoms with Gasteiger partial charge in [-0.3, -0.25) is 0 Å². The van der Waals surface area contributed by atoms with E-state index in [1.807, 2.05) is 31.0 Å². The molecule has 1 aromatic carbocycles. The standard InChI is InChI=1S/C19H30N2O3/c1-14-4-5-15(12-18(14)24-3)10-11-20-19(23)21(2)17-8-6-16(13-22)7-9-17/h4-5,12,16-17,22H,6-11,13H2,1-3H3,(H,20,23). The van der Waals surface area contributed by atoms with Crippen molar-refractivity contribution in [2.24, 2.45) is 5.92 Å². The van der Waals surface area contributed by atoms with Gasteiger partial charge in [-0.15, -0.1) is 0 Å². The Morgan fingerprint density at radius 1 is 1.33 bits per heavy atom. The highest BCUT2D eigenvalue weighted by atomic mass is 16.5. The highest BCUT2D eigenvalue weighted by Crippen LogP contribution is 2.26. The molecule has 5 nitrogen and oxygen atoms in total. The molecule has 0 radical (unpaired) electrons. The summed E-state index contributed by atoms with van der Waals surface area (Å²) >= 11 is 0. The van der Waals surface area contributed by atoms with Gasteiger partial charge in [0.1, 0.15) is 5.75 Å². The summed E-state index contributed by atoms with van der Waals surface area (Å²) in [4.78, 5) is 14.1. The number of hydrogen-bond acceptors (Lipinski definition) is 3. The lowest BCUT2D eigenvalue weighted by molar-refractivity contribution is 0.134. The maximum Gasteiger partial charge on any atom is 0.317 e. The molecule has 0 heterocycles. The second kappa shape index (κ2) is 8.92. The first-order chi connectivity index (χ1) is 11.5. The lowest BCUT2D eigenvalue weighted by Gasteiger charge is -2.34. The van der Waals surface area contributed by atoms with Crippen LogP contribution in [0.25, 0.3) is 0 Å². The second-order valence-electron chi connectivity index (χ2n) is 6.75. The summed E-state index contributed by atoms with van der Waals surface area (Å²) in [6, 6.07) is 6.42. The van der Waals surface area contributed by atoms with Crippen LogP contribution in [0.4, 0.5) is 4.79 Å². The number of benzene rings is 1. The molecule has 0 saturated heterocycles. The molecule has 0 aromatic heterocycles. The second-order valence-corrected chi connectivity index (χ2v) is 6.75. The minimum Gasteiger partial charge on any atom is -0.496 e. The summed E-state index contributed by atoms with van der Waals surface area (Å²) in [5.41, 5.74) is 2.27. The molecule has 2 N–H and O–H groups in total. The molecule has 0 atom stereocenters. The van der Waals surface area contributed by atoms with Crippen LogP contribution >= 0.6 is 0 Å². The van der Waals surface area contributed by atoms with Gasteiger partial charge in [0.25, 0.3) is 0 Å². The van der Waals surface area contributed by atoms with E-state index in [0.29, 0.717) is 12.5 Å². The minimum atomic E-state index is -0.0125. The van der Waals surface area contributed by atoms with Crippen molar-refractivity contribution in [3.63, 3.8) is 0 Å². The molecule has 0 spiro atoms. The Morgan fingerprint density at radius 3 is 2.67 bits per heavy atom. The number of hydrogen-bond donors (Lipinski definition) is 2. The predicted molar refractivity (Wildman–Crippen MR) is 95.4 cm³/mol. The summed E-state index contributed by atoms with van der Waals surface area (Å²) in [6.45, 7) is 2.90. The number of aliphatic hydroxyl groups excluding tert-OH is 1. The number of nitrogens with zero attached hydrogens (tertiary/aromatic N) is 1. The molecule has 0 bridgehead atoms. The molecular weight excluding hydrogens is 304 g/mol. The lowest BCUT2D eigenvalue weighted by Crippen LogP contribution is -2.45. The molecule has 1 aliphatic carbocycles. The van der Waals surface area contributed by atoms with Crippen molar-refractivity contribution in [1.29, 1.82) is 0 Å². The van der Waals surface area contributed by atoms with Gasteiger partial charge in [-0.05, 0) is 62.1 Å². The summed E-state index contributed by atoms with van der Waals surface area (Å²) < 4.78 is 5.34. The van der Waals surface area contributed by atoms with Crippen LogP contribution < -0.4 is 10.1 Å². The normalized spacial score (nSPS) is 20.5. The first-order valence-electron chi connectivity index (χ1n) is 8.80. The number of aryl methyl sites for hydroxylation is 1. The number of urea groups is 1. The number of carbonyl (C=O) groups is 1. The first kappa shape index (κ1) is 18.6. The Morgan fingerprint density at radius 2 is 2.04 bits per heavy atom. The maximum absolute atomic E-state index is 12.3. The quantitative estimate of drug-likeness (QED) is 0.841. The highest BCUT2D eigenvalue weighted by molar-refractivity contribution is 5.74. The predicted octanol–water partition coefficient (Wildman–Crippen LogP) is 2.74. The fourth-order valence-electron chi connectivity index (χ4n) is 3.34. The monoisotopic (exact) mass is 334 g/mol. The van der Waals surface area contributed by atoms with Crippen molar-refractivity contribution < 1.29 is 14.6 Å². The smallest absolute Gasteiger partial charge is 0.317 e. The van der Waals surface area contributed by atoms with Crippen LogP contribution in [0.2, 0.25) is 0 Å². The highest BCUT2D eigenvalue weighted by Gasteiger charge is 2.25. The molecule has 0 aliphatic heterocycles. The molecule has 2 amide bonds. The van der Waals surface area contributed by atoms with Crippen LogP contribution in [-0.4, -0.2) is 49.4 Å². The molecule has 0 unspecified atom stereocenters. The van der Waals surface area contributed by atoms with Gasteiger partial charge in [-0.1, -0.05) is 12.1 Å². The first-order valence-corrected chi connectivity index (χ1v) is 8.80. The topological polar surface area (TPSA) is 61.8 Å². The zero-order valence-electron chi connectivity index (χ0n) is 15.0. The van der Waals surface area contributed by atoms with E-state index in [1.165, 1.54) is 0 Å². The van der Waals surface area contributed by atoms with Crippen molar-refractivity contribution in [2.75, 3.05) is 27.3 Å². The Kier molecular flexibility index (Phi) is 6.91. The number of rotatable bonds is 6. The maximum atomic E-state index is 12.3. The number of carbonyl (C=O) groups excluding carboxylic acids is 1. The number of nitrogens with one attached hydrogen (secondary N) is 1. The average Bonchev–Trinajstić information content (AvgIpc) is 2.62. The van der Waals surface area contributed by atoms with Gasteiger partial charge in [-0.25, -0.2) is 4.79 Å². The SMILES string of the molecule is COc1cc(CCNC(=O)N(C)C2CCC(CO)CC2)ccc1C. The van der Waals surface area contributed by atoms with Gasteiger partial charge < -0.3 is 20.1 Å². The number of aliphatic hydroxyl groups is 1. The minimum absolute atomic E-state index is 0.0125. The molecular formula is C19H30N2O3. The van der Waals surface area contributed by atoms with Crippen molar-refractivity contribution in [2.45, 2.75) is 45.1 Å². The largest absolute Gasteiger partial charge is 0.496 e. The van der Waals surface area contributed by atoms with Crippen molar-refractivity contribution in [3.8, 4) is 5.75 Å². The molecule has 24 heavy (non-hydrogen) atoms. The van der Waals surface area contributed by atoms with Crippen molar-refractivity contribution in [1.82, 2.24) is 10.2 Å². The molecule has 134 valence electrons. The third-order valence-electron chi connectivity index (χ3n) is 5.10. The Labute approximate surface area is 145 Å². The van der Waals surface area contributed by atoms with E-state index in [4.69, 9.17) is 4.74 Å². The van der Waals surface area contributed by atoms with Crippen LogP contribution in [0.1, 0.15) is 36.8 Å². The zero-order chi connectivity index (χ0) is 17.5. The van der Waals surface area contributed by atoms with E-state index >= 15 is 0 Å². The lowest BCUT2D eigenvalue weighted by atomic mass is 9.86. The van der Waals surface area contributed by atoms with Crippen molar-refractivity contribution in [3.05, 3.63) is 29.3 Å². The molecule has 1 saturated carbocycles. The number of methoxy groups -OCH3 is 1. The third kappa shape index (κ3) is 4.87. The van der Waals surface area contributed by atoms with Gasteiger partial charge in [0.2, 0.25) is 0 Å². The van der Waals surface area contributed by atoms with Crippen molar-refractivity contribution >= 4 is 6.03 Å².